The number of hydrogen-bond donors (Lipinski definition) is 4. The van der Waals surface area contributed by atoms with Crippen molar-refractivity contribution in [2.24, 2.45) is 5.41 Å². The second-order valence-corrected chi connectivity index (χ2v) is 19.4. The van der Waals surface area contributed by atoms with Crippen LogP contribution in [0.3, 0.4) is 0 Å². The normalized spacial score (nSPS) is 12.5. The van der Waals surface area contributed by atoms with E-state index in [9.17, 15) is 73.3 Å². The molecule has 6 rings (SSSR count). The van der Waals surface area contributed by atoms with Gasteiger partial charge in [-0.05, 0) is 157 Å². The number of carbonyl (C=O) groups excluding carboxylic acids is 4. The van der Waals surface area contributed by atoms with Crippen LogP contribution in [0.4, 0.5) is 55.3 Å². The van der Waals surface area contributed by atoms with E-state index >= 15 is 0 Å². The Balaban J connectivity index is 1.18. The number of esters is 2. The van der Waals surface area contributed by atoms with Gasteiger partial charge in [0.15, 0.2) is 28.8 Å². The summed E-state index contributed by atoms with van der Waals surface area (Å²) in [4.78, 5) is 54.9. The van der Waals surface area contributed by atoms with Gasteiger partial charge in [0.25, 0.3) is 0 Å². The molecule has 452 valence electrons. The molecule has 0 amide bonds. The number of anilines is 2. The van der Waals surface area contributed by atoms with Gasteiger partial charge < -0.3 is 50.1 Å². The summed E-state index contributed by atoms with van der Waals surface area (Å²) in [7, 11) is 2.54. The van der Waals surface area contributed by atoms with Gasteiger partial charge in [-0.25, -0.2) is 9.59 Å². The molecule has 0 saturated carbocycles. The molecular weight excluding hydrogens is 1140 g/mol. The summed E-state index contributed by atoms with van der Waals surface area (Å²) in [5.41, 5.74) is 12.2. The van der Waals surface area contributed by atoms with Crippen LogP contribution in [0.15, 0.2) is 146 Å². The first-order valence-electron chi connectivity index (χ1n) is 25.7. The van der Waals surface area contributed by atoms with Crippen molar-refractivity contribution in [3.8, 4) is 34.5 Å². The van der Waals surface area contributed by atoms with Crippen LogP contribution in [0.2, 0.25) is 0 Å². The van der Waals surface area contributed by atoms with E-state index in [1.807, 2.05) is 0 Å². The van der Waals surface area contributed by atoms with Crippen molar-refractivity contribution in [2.75, 3.05) is 38.9 Å². The highest BCUT2D eigenvalue weighted by Gasteiger charge is 2.58. The molecule has 0 aliphatic rings. The SMILES string of the molecule is COc1cc(/C=C/C(=O)CC(Cc2ccc(N)cc2)(Cc2ccc(N)cc2)C(O)(O)C(=O)/C=C/c2ccc(OC(=O)c3ccc(OCCCC(F)(F)C(F)(F)F)cc3)c(OC)c2)ccc1OC(=O)c1ccc(OCCCC(F)(F)C(F)(F)F)cc1. The van der Waals surface area contributed by atoms with Gasteiger partial charge in [-0.3, -0.25) is 9.59 Å². The molecule has 0 aliphatic carbocycles. The summed E-state index contributed by atoms with van der Waals surface area (Å²) in [6, 6.07) is 31.3. The lowest BCUT2D eigenvalue weighted by molar-refractivity contribution is -0.284. The molecule has 0 aliphatic heterocycles. The summed E-state index contributed by atoms with van der Waals surface area (Å²) in [5.74, 6) is -16.7. The lowest BCUT2D eigenvalue weighted by atomic mass is 9.65. The summed E-state index contributed by atoms with van der Waals surface area (Å²) in [6.07, 6.45) is -12.1. The smallest absolute Gasteiger partial charge is 0.453 e. The maximum absolute atomic E-state index is 14.4. The molecule has 6 aromatic rings. The van der Waals surface area contributed by atoms with E-state index in [1.165, 1.54) is 111 Å². The minimum Gasteiger partial charge on any atom is -0.494 e. The van der Waals surface area contributed by atoms with E-state index in [-0.39, 0.29) is 64.0 Å². The number of benzene rings is 6. The first-order valence-corrected chi connectivity index (χ1v) is 25.7. The van der Waals surface area contributed by atoms with Gasteiger partial charge in [0.2, 0.25) is 11.6 Å². The van der Waals surface area contributed by atoms with Crippen molar-refractivity contribution >= 4 is 47.0 Å². The lowest BCUT2D eigenvalue weighted by Gasteiger charge is -2.42. The third kappa shape index (κ3) is 17.6. The van der Waals surface area contributed by atoms with Crippen LogP contribution < -0.4 is 39.9 Å². The Morgan fingerprint density at radius 3 is 1.24 bits per heavy atom. The first-order chi connectivity index (χ1) is 39.9. The van der Waals surface area contributed by atoms with Gasteiger partial charge in [0.1, 0.15) is 11.5 Å². The Morgan fingerprint density at radius 2 is 0.871 bits per heavy atom. The molecule has 24 heteroatoms. The van der Waals surface area contributed by atoms with Gasteiger partial charge in [0.05, 0.1) is 38.6 Å². The molecule has 14 nitrogen and oxygen atoms in total. The molecular formula is C61H56F10N2O12. The monoisotopic (exact) mass is 1200 g/mol. The summed E-state index contributed by atoms with van der Waals surface area (Å²) in [5, 5.41) is 24.7. The van der Waals surface area contributed by atoms with Crippen molar-refractivity contribution in [1.82, 2.24) is 0 Å². The van der Waals surface area contributed by atoms with Crippen LogP contribution in [0.25, 0.3) is 12.2 Å². The standard InChI is InChI=1S/C61H56F10N2O12/c1-80-51-33-38(10-26-49(51)84-54(76)42-13-22-47(23-14-42)82-31-3-29-57(62,63)60(66,67)68)9-21-46(74)37-56(35-40-5-17-44(72)18-6-40,36-41-7-19-45(73)20-8-41)59(78,79)53(75)28-12-39-11-27-50(52(34-39)81-2)85-55(77)43-15-24-48(25-16-43)83-32-4-30-58(64,65)61(69,70)71/h5-28,33-34,78-79H,3-4,29-32,35-37,72-73H2,1-2H3/b21-9+,28-12+. The maximum Gasteiger partial charge on any atom is 0.453 e. The molecule has 0 heterocycles. The molecule has 6 aromatic carbocycles. The van der Waals surface area contributed by atoms with Crippen LogP contribution in [0.1, 0.15) is 75.1 Å². The number of halogens is 10. The van der Waals surface area contributed by atoms with Gasteiger partial charge in [0, 0.05) is 36.1 Å². The second-order valence-electron chi connectivity index (χ2n) is 19.4. The maximum atomic E-state index is 14.4. The second kappa shape index (κ2) is 27.7. The summed E-state index contributed by atoms with van der Waals surface area (Å²) < 4.78 is 160. The minimum absolute atomic E-state index is 0.00636. The van der Waals surface area contributed by atoms with Crippen molar-refractivity contribution in [3.63, 3.8) is 0 Å². The Kier molecular flexibility index (Phi) is 21.2. The number of hydrogen-bond acceptors (Lipinski definition) is 14. The van der Waals surface area contributed by atoms with Gasteiger partial charge in [-0.15, -0.1) is 0 Å². The molecule has 0 spiro atoms. The number of ketones is 2. The highest BCUT2D eigenvalue weighted by Crippen LogP contribution is 2.44. The van der Waals surface area contributed by atoms with E-state index < -0.39 is 104 Å². The third-order valence-electron chi connectivity index (χ3n) is 13.1. The molecule has 0 atom stereocenters. The Labute approximate surface area is 480 Å². The number of methoxy groups -OCH3 is 2. The summed E-state index contributed by atoms with van der Waals surface area (Å²) in [6.45, 7) is -0.913. The van der Waals surface area contributed by atoms with Gasteiger partial charge in [-0.1, -0.05) is 48.6 Å². The fourth-order valence-electron chi connectivity index (χ4n) is 8.43. The molecule has 0 radical (unpaired) electrons. The Hall–Kier alpha value is -8.90. The molecule has 85 heavy (non-hydrogen) atoms. The van der Waals surface area contributed by atoms with Crippen LogP contribution in [0, 0.1) is 5.41 Å². The lowest BCUT2D eigenvalue weighted by Crippen LogP contribution is -2.57. The zero-order valence-electron chi connectivity index (χ0n) is 45.3. The molecule has 0 bridgehead atoms. The average molecular weight is 1200 g/mol. The predicted octanol–water partition coefficient (Wildman–Crippen LogP) is 12.4. The summed E-state index contributed by atoms with van der Waals surface area (Å²) >= 11 is 0. The quantitative estimate of drug-likeness (QED) is 0.00684. The van der Waals surface area contributed by atoms with E-state index in [1.54, 1.807) is 48.5 Å². The van der Waals surface area contributed by atoms with E-state index in [0.29, 0.717) is 28.1 Å². The van der Waals surface area contributed by atoms with Gasteiger partial charge >= 0.3 is 36.1 Å². The van der Waals surface area contributed by atoms with Crippen molar-refractivity contribution in [1.29, 1.82) is 0 Å². The highest BCUT2D eigenvalue weighted by atomic mass is 19.4. The molecule has 0 saturated heterocycles. The van der Waals surface area contributed by atoms with Crippen LogP contribution >= 0.6 is 0 Å². The number of nitrogen functional groups attached to an aromatic ring is 2. The zero-order chi connectivity index (χ0) is 62.4. The van der Waals surface area contributed by atoms with Crippen molar-refractivity contribution in [3.05, 3.63) is 179 Å². The molecule has 0 aromatic heterocycles. The van der Waals surface area contributed by atoms with E-state index in [4.69, 9.17) is 39.9 Å². The molecule has 6 N–H and O–H groups in total. The van der Waals surface area contributed by atoms with Crippen LogP contribution in [-0.4, -0.2) is 91.1 Å². The number of allylic oxidation sites excluding steroid dienone is 1. The number of carbonyl (C=O) groups is 4. The number of ether oxygens (including phenoxy) is 6. The largest absolute Gasteiger partial charge is 0.494 e. The minimum atomic E-state index is -5.69. The molecule has 0 fully saturated rings. The number of alkyl halides is 10. The van der Waals surface area contributed by atoms with E-state index in [0.717, 1.165) is 12.2 Å². The predicted molar refractivity (Wildman–Crippen MR) is 292 cm³/mol. The third-order valence-corrected chi connectivity index (χ3v) is 13.1. The Morgan fingerprint density at radius 1 is 0.494 bits per heavy atom. The van der Waals surface area contributed by atoms with Crippen LogP contribution in [0.5, 0.6) is 34.5 Å². The Bertz CT molecular complexity index is 3280. The number of aliphatic hydroxyl groups is 2. The number of nitrogens with two attached hydrogens (primary N) is 2. The van der Waals surface area contributed by atoms with Crippen molar-refractivity contribution in [2.45, 2.75) is 74.9 Å². The van der Waals surface area contributed by atoms with Gasteiger partial charge in [-0.2, -0.15) is 43.9 Å². The van der Waals surface area contributed by atoms with Crippen LogP contribution in [-0.2, 0) is 22.4 Å². The first kappa shape index (κ1) is 65.3. The zero-order valence-corrected chi connectivity index (χ0v) is 45.3. The van der Waals surface area contributed by atoms with Crippen molar-refractivity contribution < 1.29 is 102 Å². The fraction of sp³-hybridized carbons (Fsp3) is 0.279. The highest BCUT2D eigenvalue weighted by molar-refractivity contribution is 6.01. The molecule has 0 unspecified atom stereocenters. The average Bonchev–Trinajstić information content (AvgIpc) is 1.97. The fourth-order valence-corrected chi connectivity index (χ4v) is 8.43. The van der Waals surface area contributed by atoms with E-state index in [2.05, 4.69) is 0 Å². The number of rotatable bonds is 28. The topological polar surface area (TPSA) is 216 Å².